The van der Waals surface area contributed by atoms with Gasteiger partial charge in [0, 0.05) is 25.7 Å². The lowest BCUT2D eigenvalue weighted by molar-refractivity contribution is 0.206. The van der Waals surface area contributed by atoms with Crippen molar-refractivity contribution >= 4 is 5.96 Å². The Balaban J connectivity index is 1.54. The highest BCUT2D eigenvalue weighted by molar-refractivity contribution is 5.80. The van der Waals surface area contributed by atoms with E-state index in [1.807, 2.05) is 12.1 Å². The number of likely N-dealkylation sites (tertiary alicyclic amines) is 1. The van der Waals surface area contributed by atoms with Crippen LogP contribution in [0.3, 0.4) is 0 Å². The van der Waals surface area contributed by atoms with Gasteiger partial charge in [-0.05, 0) is 44.9 Å². The third-order valence-electron chi connectivity index (χ3n) is 4.47. The first-order valence-corrected chi connectivity index (χ1v) is 9.50. The molecule has 8 nitrogen and oxygen atoms in total. The van der Waals surface area contributed by atoms with Gasteiger partial charge in [-0.1, -0.05) is 6.92 Å². The highest BCUT2D eigenvalue weighted by Crippen LogP contribution is 2.14. The maximum absolute atomic E-state index is 5.31. The molecule has 0 atom stereocenters. The molecule has 1 saturated heterocycles. The zero-order valence-corrected chi connectivity index (χ0v) is 15.7. The van der Waals surface area contributed by atoms with Gasteiger partial charge >= 0.3 is 0 Å². The molecule has 1 aliphatic heterocycles. The van der Waals surface area contributed by atoms with Crippen LogP contribution in [0.2, 0.25) is 0 Å². The van der Waals surface area contributed by atoms with Crippen LogP contribution in [0.1, 0.15) is 38.9 Å². The van der Waals surface area contributed by atoms with Gasteiger partial charge in [-0.25, -0.2) is 9.98 Å². The van der Waals surface area contributed by atoms with Gasteiger partial charge in [0.25, 0.3) is 0 Å². The van der Waals surface area contributed by atoms with Gasteiger partial charge in [0.2, 0.25) is 5.82 Å². The molecule has 142 valence electrons. The predicted octanol–water partition coefficient (Wildman–Crippen LogP) is 1.99. The number of nitrogens with one attached hydrogen (secondary N) is 3. The molecule has 0 amide bonds. The van der Waals surface area contributed by atoms with Gasteiger partial charge in [0.15, 0.2) is 11.7 Å². The largest absolute Gasteiger partial charge is 0.461 e. The van der Waals surface area contributed by atoms with Crippen molar-refractivity contribution in [1.82, 2.24) is 30.7 Å². The second kappa shape index (κ2) is 9.38. The second-order valence-corrected chi connectivity index (χ2v) is 6.54. The van der Waals surface area contributed by atoms with Crippen LogP contribution >= 0.6 is 0 Å². The Labute approximate surface area is 154 Å². The molecular weight excluding hydrogens is 330 g/mol. The molecule has 1 fully saturated rings. The van der Waals surface area contributed by atoms with E-state index in [1.165, 1.54) is 13.0 Å². The number of hydrogen-bond acceptors (Lipinski definition) is 5. The number of H-pyrrole nitrogens is 1. The summed E-state index contributed by atoms with van der Waals surface area (Å²) >= 11 is 0. The monoisotopic (exact) mass is 359 g/mol. The van der Waals surface area contributed by atoms with Crippen LogP contribution in [0.15, 0.2) is 27.8 Å². The van der Waals surface area contributed by atoms with Crippen LogP contribution in [0.5, 0.6) is 0 Å². The Hall–Kier alpha value is -2.35. The maximum atomic E-state index is 5.31. The fourth-order valence-corrected chi connectivity index (χ4v) is 3.17. The number of furan rings is 1. The topological polar surface area (TPSA) is 94.4 Å². The van der Waals surface area contributed by atoms with Crippen molar-refractivity contribution in [3.63, 3.8) is 0 Å². The zero-order chi connectivity index (χ0) is 18.2. The SMILES string of the molecule is CCCN1CCC(NC(=NCc2nc(-c3ccco3)n[nH]2)NCC)CC1. The highest BCUT2D eigenvalue weighted by Gasteiger charge is 2.19. The third kappa shape index (κ3) is 5.08. The molecule has 0 spiro atoms. The van der Waals surface area contributed by atoms with Crippen molar-refractivity contribution in [3.05, 3.63) is 24.2 Å². The number of nitrogens with zero attached hydrogens (tertiary/aromatic N) is 4. The van der Waals surface area contributed by atoms with E-state index in [9.17, 15) is 0 Å². The van der Waals surface area contributed by atoms with E-state index in [1.54, 1.807) is 6.26 Å². The first-order valence-electron chi connectivity index (χ1n) is 9.50. The first-order chi connectivity index (χ1) is 12.8. The number of piperidine rings is 1. The van der Waals surface area contributed by atoms with Gasteiger partial charge < -0.3 is 20.0 Å². The number of aliphatic imine (C=N–C) groups is 1. The van der Waals surface area contributed by atoms with Crippen molar-refractivity contribution < 1.29 is 4.42 Å². The normalized spacial score (nSPS) is 16.8. The number of rotatable bonds is 7. The summed E-state index contributed by atoms with van der Waals surface area (Å²) in [6, 6.07) is 4.13. The molecule has 2 aromatic rings. The van der Waals surface area contributed by atoms with Crippen LogP contribution in [-0.4, -0.2) is 58.3 Å². The summed E-state index contributed by atoms with van der Waals surface area (Å²) in [5, 5.41) is 14.0. The van der Waals surface area contributed by atoms with Crippen LogP contribution in [-0.2, 0) is 6.54 Å². The zero-order valence-electron chi connectivity index (χ0n) is 15.7. The second-order valence-electron chi connectivity index (χ2n) is 6.54. The summed E-state index contributed by atoms with van der Waals surface area (Å²) in [6.45, 7) is 9.08. The molecule has 0 aromatic carbocycles. The fraction of sp³-hybridized carbons (Fsp3) is 0.611. The lowest BCUT2D eigenvalue weighted by Gasteiger charge is -2.32. The Morgan fingerprint density at radius 2 is 2.23 bits per heavy atom. The maximum Gasteiger partial charge on any atom is 0.216 e. The smallest absolute Gasteiger partial charge is 0.216 e. The molecule has 0 aliphatic carbocycles. The van der Waals surface area contributed by atoms with E-state index in [0.717, 1.165) is 38.4 Å². The summed E-state index contributed by atoms with van der Waals surface area (Å²) in [6.07, 6.45) is 5.13. The average molecular weight is 359 g/mol. The molecule has 3 heterocycles. The van der Waals surface area contributed by atoms with Gasteiger partial charge in [0.05, 0.1) is 6.26 Å². The van der Waals surface area contributed by atoms with E-state index in [4.69, 9.17) is 4.42 Å². The Morgan fingerprint density at radius 3 is 2.92 bits per heavy atom. The number of aromatic amines is 1. The molecule has 0 unspecified atom stereocenters. The summed E-state index contributed by atoms with van der Waals surface area (Å²) in [5.74, 6) is 2.76. The van der Waals surface area contributed by atoms with Gasteiger partial charge in [-0.2, -0.15) is 0 Å². The molecular formula is C18H29N7O. The minimum atomic E-state index is 0.442. The Bertz CT molecular complexity index is 672. The van der Waals surface area contributed by atoms with E-state index in [2.05, 4.69) is 49.6 Å². The van der Waals surface area contributed by atoms with Crippen molar-refractivity contribution in [3.8, 4) is 11.6 Å². The predicted molar refractivity (Wildman–Crippen MR) is 102 cm³/mol. The summed E-state index contributed by atoms with van der Waals surface area (Å²) in [5.41, 5.74) is 0. The van der Waals surface area contributed by atoms with Crippen molar-refractivity contribution in [2.24, 2.45) is 4.99 Å². The van der Waals surface area contributed by atoms with E-state index < -0.39 is 0 Å². The molecule has 26 heavy (non-hydrogen) atoms. The van der Waals surface area contributed by atoms with Crippen LogP contribution < -0.4 is 10.6 Å². The molecule has 1 aliphatic rings. The quantitative estimate of drug-likeness (QED) is 0.517. The van der Waals surface area contributed by atoms with Crippen molar-refractivity contribution in [1.29, 1.82) is 0 Å². The Kier molecular flexibility index (Phi) is 6.65. The summed E-state index contributed by atoms with van der Waals surface area (Å²) in [4.78, 5) is 11.6. The number of aromatic nitrogens is 3. The minimum absolute atomic E-state index is 0.442. The number of hydrogen-bond donors (Lipinski definition) is 3. The fourth-order valence-electron chi connectivity index (χ4n) is 3.17. The molecule has 8 heteroatoms. The molecule has 0 bridgehead atoms. The van der Waals surface area contributed by atoms with E-state index in [-0.39, 0.29) is 0 Å². The highest BCUT2D eigenvalue weighted by atomic mass is 16.3. The molecule has 0 saturated carbocycles. The van der Waals surface area contributed by atoms with Gasteiger partial charge in [0.1, 0.15) is 12.4 Å². The van der Waals surface area contributed by atoms with E-state index >= 15 is 0 Å². The molecule has 2 aromatic heterocycles. The third-order valence-corrected chi connectivity index (χ3v) is 4.47. The molecule has 0 radical (unpaired) electrons. The van der Waals surface area contributed by atoms with E-state index in [0.29, 0.717) is 30.0 Å². The number of guanidine groups is 1. The van der Waals surface area contributed by atoms with Crippen molar-refractivity contribution in [2.45, 2.75) is 45.7 Å². The van der Waals surface area contributed by atoms with Crippen LogP contribution in [0.25, 0.3) is 11.6 Å². The van der Waals surface area contributed by atoms with Gasteiger partial charge in [-0.3, -0.25) is 5.10 Å². The summed E-state index contributed by atoms with van der Waals surface area (Å²) < 4.78 is 5.31. The van der Waals surface area contributed by atoms with Crippen molar-refractivity contribution in [2.75, 3.05) is 26.2 Å². The summed E-state index contributed by atoms with van der Waals surface area (Å²) in [7, 11) is 0. The molecule has 3 N–H and O–H groups in total. The lowest BCUT2D eigenvalue weighted by Crippen LogP contribution is -2.48. The Morgan fingerprint density at radius 1 is 1.38 bits per heavy atom. The van der Waals surface area contributed by atoms with Gasteiger partial charge in [-0.15, -0.1) is 5.10 Å². The first kappa shape index (κ1) is 18.4. The standard InChI is InChI=1S/C18H29N7O/c1-3-9-25-10-7-14(8-11-25)21-18(19-4-2)20-13-16-22-17(24-23-16)15-6-5-12-26-15/h5-6,12,14H,3-4,7-11,13H2,1-2H3,(H2,19,20,21)(H,22,23,24). The van der Waals surface area contributed by atoms with Crippen LogP contribution in [0.4, 0.5) is 0 Å². The lowest BCUT2D eigenvalue weighted by atomic mass is 10.1. The average Bonchev–Trinajstić information content (AvgIpc) is 3.33. The molecule has 3 rings (SSSR count). The minimum Gasteiger partial charge on any atom is -0.461 e. The van der Waals surface area contributed by atoms with Crippen LogP contribution in [0, 0.1) is 0 Å².